The first-order valence-corrected chi connectivity index (χ1v) is 9.33. The number of nitrogens with zero attached hydrogens (tertiary/aromatic N) is 2. The highest BCUT2D eigenvalue weighted by Crippen LogP contribution is 2.35. The molecule has 1 heterocycles. The number of hydrogen-bond donors (Lipinski definition) is 2. The van der Waals surface area contributed by atoms with Crippen molar-refractivity contribution in [3.63, 3.8) is 0 Å². The summed E-state index contributed by atoms with van der Waals surface area (Å²) in [7, 11) is 0. The fourth-order valence-corrected chi connectivity index (χ4v) is 3.53. The number of rotatable bonds is 6. The van der Waals surface area contributed by atoms with E-state index in [2.05, 4.69) is 20.6 Å². The molecule has 2 N–H and O–H groups in total. The van der Waals surface area contributed by atoms with Gasteiger partial charge in [-0.15, -0.1) is 0 Å². The van der Waals surface area contributed by atoms with Crippen molar-refractivity contribution >= 4 is 17.5 Å². The molecule has 1 aliphatic carbocycles. The lowest BCUT2D eigenvalue weighted by atomic mass is 9.72. The summed E-state index contributed by atoms with van der Waals surface area (Å²) in [5.41, 5.74) is 1.89. The summed E-state index contributed by atoms with van der Waals surface area (Å²) >= 11 is 0. The number of aromatic nitrogens is 2. The number of carbonyl (C=O) groups excluding carboxylic acids is 1. The second-order valence-corrected chi connectivity index (χ2v) is 7.17. The zero-order valence-electron chi connectivity index (χ0n) is 15.4. The van der Waals surface area contributed by atoms with Gasteiger partial charge in [0.1, 0.15) is 5.82 Å². The lowest BCUT2D eigenvalue weighted by Crippen LogP contribution is -2.55. The summed E-state index contributed by atoms with van der Waals surface area (Å²) in [4.78, 5) is 21.1. The number of benzene rings is 2. The molecule has 3 aromatic rings. The molecule has 0 spiro atoms. The average molecular weight is 376 g/mol. The van der Waals surface area contributed by atoms with Crippen LogP contribution in [0.2, 0.25) is 0 Å². The Balaban J connectivity index is 1.47. The normalized spacial score (nSPS) is 14.8. The van der Waals surface area contributed by atoms with Gasteiger partial charge >= 0.3 is 0 Å². The van der Waals surface area contributed by atoms with E-state index < -0.39 is 0 Å². The summed E-state index contributed by atoms with van der Waals surface area (Å²) in [6.45, 7) is 0. The van der Waals surface area contributed by atoms with Crippen LogP contribution in [-0.4, -0.2) is 21.4 Å². The van der Waals surface area contributed by atoms with Crippen LogP contribution < -0.4 is 10.6 Å². The Bertz CT molecular complexity index is 973. The lowest BCUT2D eigenvalue weighted by Gasteiger charge is -2.43. The van der Waals surface area contributed by atoms with Crippen LogP contribution in [0.4, 0.5) is 16.0 Å². The van der Waals surface area contributed by atoms with Gasteiger partial charge < -0.3 is 10.6 Å². The van der Waals surface area contributed by atoms with Gasteiger partial charge in [0, 0.05) is 29.2 Å². The predicted octanol–water partition coefficient (Wildman–Crippen LogP) is 4.25. The largest absolute Gasteiger partial charge is 0.346 e. The second kappa shape index (κ2) is 7.76. The third-order valence-electron chi connectivity index (χ3n) is 5.07. The third kappa shape index (κ3) is 4.17. The number of nitrogens with one attached hydrogen (secondary N) is 2. The zero-order valence-corrected chi connectivity index (χ0v) is 15.4. The first-order valence-electron chi connectivity index (χ1n) is 9.33. The van der Waals surface area contributed by atoms with E-state index >= 15 is 0 Å². The SMILES string of the molecule is O=C(NC1(Cc2cccc(F)c2)CCC1)c1cccc(Nc2ncccn2)c1. The van der Waals surface area contributed by atoms with E-state index in [1.165, 1.54) is 12.1 Å². The zero-order chi connectivity index (χ0) is 19.4. The standard InChI is InChI=1S/C22H21FN4O/c23-18-7-1-5-16(13-18)15-22(9-3-10-22)27-20(28)17-6-2-8-19(14-17)26-21-24-11-4-12-25-21/h1-2,4-8,11-14H,3,9-10,15H2,(H,27,28)(H,24,25,26). The minimum atomic E-state index is -0.309. The van der Waals surface area contributed by atoms with Crippen molar-refractivity contribution in [2.45, 2.75) is 31.2 Å². The maximum absolute atomic E-state index is 13.5. The summed E-state index contributed by atoms with van der Waals surface area (Å²) in [5.74, 6) is 0.0931. The van der Waals surface area contributed by atoms with E-state index in [0.717, 1.165) is 30.5 Å². The van der Waals surface area contributed by atoms with Crippen LogP contribution in [0.15, 0.2) is 67.0 Å². The van der Waals surface area contributed by atoms with E-state index in [4.69, 9.17) is 0 Å². The molecule has 1 aromatic heterocycles. The van der Waals surface area contributed by atoms with Crippen LogP contribution in [0, 0.1) is 5.82 Å². The highest BCUT2D eigenvalue weighted by atomic mass is 19.1. The molecule has 0 atom stereocenters. The van der Waals surface area contributed by atoms with Crippen molar-refractivity contribution in [2.75, 3.05) is 5.32 Å². The van der Waals surface area contributed by atoms with Crippen LogP contribution in [0.25, 0.3) is 0 Å². The van der Waals surface area contributed by atoms with Crippen LogP contribution in [0.1, 0.15) is 35.2 Å². The molecule has 1 saturated carbocycles. The highest BCUT2D eigenvalue weighted by Gasteiger charge is 2.38. The molecular formula is C22H21FN4O. The second-order valence-electron chi connectivity index (χ2n) is 7.17. The first-order chi connectivity index (χ1) is 13.6. The molecule has 0 radical (unpaired) electrons. The lowest BCUT2D eigenvalue weighted by molar-refractivity contribution is 0.0827. The molecule has 1 fully saturated rings. The summed E-state index contributed by atoms with van der Waals surface area (Å²) < 4.78 is 13.5. The van der Waals surface area contributed by atoms with Gasteiger partial charge in [-0.05, 0) is 67.6 Å². The van der Waals surface area contributed by atoms with Gasteiger partial charge in [-0.25, -0.2) is 14.4 Å². The van der Waals surface area contributed by atoms with E-state index in [9.17, 15) is 9.18 Å². The molecule has 142 valence electrons. The number of halogens is 1. The molecule has 0 unspecified atom stereocenters. The monoisotopic (exact) mass is 376 g/mol. The van der Waals surface area contributed by atoms with Gasteiger partial charge in [0.15, 0.2) is 0 Å². The van der Waals surface area contributed by atoms with Crippen molar-refractivity contribution < 1.29 is 9.18 Å². The van der Waals surface area contributed by atoms with Crippen LogP contribution in [0.3, 0.4) is 0 Å². The average Bonchev–Trinajstić information content (AvgIpc) is 2.67. The Morgan fingerprint density at radius 1 is 1.04 bits per heavy atom. The fourth-order valence-electron chi connectivity index (χ4n) is 3.53. The molecule has 5 nitrogen and oxygen atoms in total. The Kier molecular flexibility index (Phi) is 5.02. The van der Waals surface area contributed by atoms with Gasteiger partial charge in [0.2, 0.25) is 5.95 Å². The van der Waals surface area contributed by atoms with Crippen molar-refractivity contribution in [1.29, 1.82) is 0 Å². The van der Waals surface area contributed by atoms with E-state index in [1.807, 2.05) is 18.2 Å². The third-order valence-corrected chi connectivity index (χ3v) is 5.07. The Morgan fingerprint density at radius 3 is 2.54 bits per heavy atom. The number of amides is 1. The number of anilines is 2. The van der Waals surface area contributed by atoms with Crippen molar-refractivity contribution in [3.8, 4) is 0 Å². The topological polar surface area (TPSA) is 66.9 Å². The van der Waals surface area contributed by atoms with E-state index in [0.29, 0.717) is 17.9 Å². The minimum Gasteiger partial charge on any atom is -0.346 e. The molecular weight excluding hydrogens is 355 g/mol. The Morgan fingerprint density at radius 2 is 1.82 bits per heavy atom. The maximum atomic E-state index is 13.5. The molecule has 1 amide bonds. The van der Waals surface area contributed by atoms with Crippen molar-refractivity contribution in [3.05, 3.63) is 83.9 Å². The van der Waals surface area contributed by atoms with Crippen LogP contribution >= 0.6 is 0 Å². The van der Waals surface area contributed by atoms with E-state index in [1.54, 1.807) is 36.7 Å². The van der Waals surface area contributed by atoms with Crippen molar-refractivity contribution in [1.82, 2.24) is 15.3 Å². The predicted molar refractivity (Wildman–Crippen MR) is 106 cm³/mol. The molecule has 6 heteroatoms. The molecule has 0 bridgehead atoms. The maximum Gasteiger partial charge on any atom is 0.251 e. The Labute approximate surface area is 163 Å². The smallest absolute Gasteiger partial charge is 0.251 e. The Hall–Kier alpha value is -3.28. The van der Waals surface area contributed by atoms with Gasteiger partial charge in [-0.1, -0.05) is 18.2 Å². The number of carbonyl (C=O) groups is 1. The summed E-state index contributed by atoms with van der Waals surface area (Å²) in [5, 5.41) is 6.28. The molecule has 4 rings (SSSR count). The molecule has 2 aromatic carbocycles. The summed E-state index contributed by atoms with van der Waals surface area (Å²) in [6.07, 6.45) is 6.78. The van der Waals surface area contributed by atoms with Crippen LogP contribution in [0.5, 0.6) is 0 Å². The van der Waals surface area contributed by atoms with E-state index in [-0.39, 0.29) is 17.3 Å². The number of hydrogen-bond acceptors (Lipinski definition) is 4. The molecule has 1 aliphatic rings. The van der Waals surface area contributed by atoms with Gasteiger partial charge in [0.25, 0.3) is 5.91 Å². The molecule has 0 aliphatic heterocycles. The fraction of sp³-hybridized carbons (Fsp3) is 0.227. The molecule has 0 saturated heterocycles. The van der Waals surface area contributed by atoms with Gasteiger partial charge in [-0.2, -0.15) is 0 Å². The molecule has 28 heavy (non-hydrogen) atoms. The van der Waals surface area contributed by atoms with Crippen molar-refractivity contribution in [2.24, 2.45) is 0 Å². The minimum absolute atomic E-state index is 0.131. The van der Waals surface area contributed by atoms with Gasteiger partial charge in [0.05, 0.1) is 0 Å². The first kappa shape index (κ1) is 18.1. The summed E-state index contributed by atoms with van der Waals surface area (Å²) in [6, 6.07) is 15.6. The highest BCUT2D eigenvalue weighted by molar-refractivity contribution is 5.95. The van der Waals surface area contributed by atoms with Crippen LogP contribution in [-0.2, 0) is 6.42 Å². The quantitative estimate of drug-likeness (QED) is 0.675. The van der Waals surface area contributed by atoms with Gasteiger partial charge in [-0.3, -0.25) is 4.79 Å².